The molecule has 0 N–H and O–H groups in total. The molecule has 3 aromatic rings. The summed E-state index contributed by atoms with van der Waals surface area (Å²) in [7, 11) is 1.99. The molecule has 3 rings (SSSR count). The largest absolute Gasteiger partial charge is 0.268 e. The van der Waals surface area contributed by atoms with Gasteiger partial charge in [-0.15, -0.1) is 0 Å². The number of nitrogens with zero attached hydrogens (tertiary/aromatic N) is 2. The molecular formula is C13H12N2. The second-order valence-corrected chi connectivity index (χ2v) is 3.93. The maximum absolute atomic E-state index is 4.43. The first-order chi connectivity index (χ1) is 7.25. The van der Waals surface area contributed by atoms with E-state index in [-0.39, 0.29) is 0 Å². The molecule has 2 nitrogen and oxygen atoms in total. The van der Waals surface area contributed by atoms with Gasteiger partial charge in [-0.1, -0.05) is 24.3 Å². The fraction of sp³-hybridized carbons (Fsp3) is 0.154. The lowest BCUT2D eigenvalue weighted by Gasteiger charge is -1.99. The SMILES string of the molecule is Cc1nn(C)c2cc3ccccc3cc12. The Labute approximate surface area is 88.1 Å². The Bertz CT molecular complexity index is 594. The van der Waals surface area contributed by atoms with Crippen molar-refractivity contribution >= 4 is 21.7 Å². The van der Waals surface area contributed by atoms with Crippen molar-refractivity contribution in [2.24, 2.45) is 7.05 Å². The van der Waals surface area contributed by atoms with Gasteiger partial charge in [-0.05, 0) is 29.8 Å². The second-order valence-electron chi connectivity index (χ2n) is 3.93. The molecule has 0 aliphatic rings. The molecule has 0 radical (unpaired) electrons. The van der Waals surface area contributed by atoms with Crippen molar-refractivity contribution < 1.29 is 0 Å². The lowest BCUT2D eigenvalue weighted by atomic mass is 10.1. The van der Waals surface area contributed by atoms with Gasteiger partial charge in [0.25, 0.3) is 0 Å². The molecule has 0 bridgehead atoms. The third kappa shape index (κ3) is 1.14. The highest BCUT2D eigenvalue weighted by Gasteiger charge is 2.05. The fourth-order valence-electron chi connectivity index (χ4n) is 2.12. The van der Waals surface area contributed by atoms with Crippen LogP contribution in [0.25, 0.3) is 21.7 Å². The molecule has 15 heavy (non-hydrogen) atoms. The smallest absolute Gasteiger partial charge is 0.0688 e. The van der Waals surface area contributed by atoms with Crippen molar-refractivity contribution in [2.45, 2.75) is 6.92 Å². The molecule has 0 spiro atoms. The number of hydrogen-bond donors (Lipinski definition) is 0. The number of benzene rings is 2. The Morgan fingerprint density at radius 2 is 1.73 bits per heavy atom. The lowest BCUT2D eigenvalue weighted by molar-refractivity contribution is 0.783. The van der Waals surface area contributed by atoms with Crippen LogP contribution in [0.3, 0.4) is 0 Å². The van der Waals surface area contributed by atoms with E-state index in [1.807, 2.05) is 11.7 Å². The predicted molar refractivity (Wildman–Crippen MR) is 63.0 cm³/mol. The lowest BCUT2D eigenvalue weighted by Crippen LogP contribution is -1.89. The summed E-state index contributed by atoms with van der Waals surface area (Å²) in [6, 6.07) is 12.8. The third-order valence-corrected chi connectivity index (χ3v) is 2.90. The van der Waals surface area contributed by atoms with Gasteiger partial charge in [-0.3, -0.25) is 4.68 Å². The first-order valence-corrected chi connectivity index (χ1v) is 5.08. The summed E-state index contributed by atoms with van der Waals surface area (Å²) in [5, 5.41) is 8.23. The molecule has 0 aliphatic heterocycles. The summed E-state index contributed by atoms with van der Waals surface area (Å²) in [6.45, 7) is 2.05. The summed E-state index contributed by atoms with van der Waals surface area (Å²) in [5.41, 5.74) is 2.30. The molecule has 0 aliphatic carbocycles. The first kappa shape index (κ1) is 8.48. The van der Waals surface area contributed by atoms with Gasteiger partial charge >= 0.3 is 0 Å². The molecular weight excluding hydrogens is 184 g/mol. The quantitative estimate of drug-likeness (QED) is 0.540. The Morgan fingerprint density at radius 1 is 1.07 bits per heavy atom. The minimum absolute atomic E-state index is 1.10. The van der Waals surface area contributed by atoms with Gasteiger partial charge in [0.1, 0.15) is 0 Å². The van der Waals surface area contributed by atoms with Crippen LogP contribution in [0.1, 0.15) is 5.69 Å². The van der Waals surface area contributed by atoms with E-state index in [0.29, 0.717) is 0 Å². The van der Waals surface area contributed by atoms with E-state index in [9.17, 15) is 0 Å². The topological polar surface area (TPSA) is 17.8 Å². The molecule has 0 unspecified atom stereocenters. The second kappa shape index (κ2) is 2.83. The van der Waals surface area contributed by atoms with Gasteiger partial charge in [0.2, 0.25) is 0 Å². The van der Waals surface area contributed by atoms with Crippen molar-refractivity contribution in [1.29, 1.82) is 0 Å². The van der Waals surface area contributed by atoms with Crippen molar-refractivity contribution in [3.8, 4) is 0 Å². The highest BCUT2D eigenvalue weighted by Crippen LogP contribution is 2.24. The van der Waals surface area contributed by atoms with Crippen LogP contribution in [-0.4, -0.2) is 9.78 Å². The average molecular weight is 196 g/mol. The van der Waals surface area contributed by atoms with Gasteiger partial charge in [-0.25, -0.2) is 0 Å². The zero-order valence-corrected chi connectivity index (χ0v) is 8.86. The Hall–Kier alpha value is -1.83. The van der Waals surface area contributed by atoms with Crippen LogP contribution in [0.2, 0.25) is 0 Å². The minimum atomic E-state index is 1.10. The molecule has 0 amide bonds. The molecule has 2 heteroatoms. The number of aryl methyl sites for hydroxylation is 2. The number of hydrogen-bond acceptors (Lipinski definition) is 1. The van der Waals surface area contributed by atoms with Crippen molar-refractivity contribution in [3.05, 3.63) is 42.1 Å². The molecule has 0 saturated carbocycles. The summed E-state index contributed by atoms with van der Waals surface area (Å²) in [6.07, 6.45) is 0. The Kier molecular flexibility index (Phi) is 1.60. The van der Waals surface area contributed by atoms with E-state index in [0.717, 1.165) is 5.69 Å². The molecule has 74 valence electrons. The van der Waals surface area contributed by atoms with Gasteiger partial charge in [-0.2, -0.15) is 5.10 Å². The van der Waals surface area contributed by atoms with E-state index >= 15 is 0 Å². The average Bonchev–Trinajstić information content (AvgIpc) is 2.52. The van der Waals surface area contributed by atoms with Crippen LogP contribution < -0.4 is 0 Å². The van der Waals surface area contributed by atoms with Crippen LogP contribution in [0.4, 0.5) is 0 Å². The van der Waals surface area contributed by atoms with Crippen LogP contribution in [0.15, 0.2) is 36.4 Å². The van der Waals surface area contributed by atoms with Crippen molar-refractivity contribution in [1.82, 2.24) is 9.78 Å². The van der Waals surface area contributed by atoms with Crippen LogP contribution in [0, 0.1) is 6.92 Å². The molecule has 0 fully saturated rings. The highest BCUT2D eigenvalue weighted by atomic mass is 15.3. The normalized spacial score (nSPS) is 11.3. The van der Waals surface area contributed by atoms with Gasteiger partial charge in [0.05, 0.1) is 11.2 Å². The number of aromatic nitrogens is 2. The summed E-state index contributed by atoms with van der Waals surface area (Å²) >= 11 is 0. The molecule has 0 atom stereocenters. The summed E-state index contributed by atoms with van der Waals surface area (Å²) < 4.78 is 1.94. The zero-order chi connectivity index (χ0) is 10.4. The molecule has 1 heterocycles. The van der Waals surface area contributed by atoms with E-state index in [4.69, 9.17) is 0 Å². The fourth-order valence-corrected chi connectivity index (χ4v) is 2.12. The summed E-state index contributed by atoms with van der Waals surface area (Å²) in [4.78, 5) is 0. The molecule has 0 saturated heterocycles. The van der Waals surface area contributed by atoms with E-state index in [1.165, 1.54) is 21.7 Å². The van der Waals surface area contributed by atoms with Gasteiger partial charge in [0.15, 0.2) is 0 Å². The maximum atomic E-state index is 4.43. The maximum Gasteiger partial charge on any atom is 0.0688 e. The predicted octanol–water partition coefficient (Wildman–Crippen LogP) is 3.03. The minimum Gasteiger partial charge on any atom is -0.268 e. The standard InChI is InChI=1S/C13H12N2/c1-9-12-7-10-5-3-4-6-11(10)8-13(12)15(2)14-9/h3-8H,1-2H3. The third-order valence-electron chi connectivity index (χ3n) is 2.90. The Balaban J connectivity index is 2.55. The van der Waals surface area contributed by atoms with Crippen LogP contribution in [-0.2, 0) is 7.05 Å². The van der Waals surface area contributed by atoms with Crippen LogP contribution in [0.5, 0.6) is 0 Å². The Morgan fingerprint density at radius 3 is 2.47 bits per heavy atom. The van der Waals surface area contributed by atoms with E-state index < -0.39 is 0 Å². The first-order valence-electron chi connectivity index (χ1n) is 5.08. The van der Waals surface area contributed by atoms with E-state index in [1.54, 1.807) is 0 Å². The van der Waals surface area contributed by atoms with Gasteiger partial charge in [0, 0.05) is 12.4 Å². The molecule has 1 aromatic heterocycles. The number of fused-ring (bicyclic) bond motifs is 2. The monoisotopic (exact) mass is 196 g/mol. The van der Waals surface area contributed by atoms with E-state index in [2.05, 4.69) is 48.4 Å². The highest BCUT2D eigenvalue weighted by molar-refractivity contribution is 5.97. The molecule has 2 aromatic carbocycles. The van der Waals surface area contributed by atoms with Crippen molar-refractivity contribution in [3.63, 3.8) is 0 Å². The number of rotatable bonds is 0. The van der Waals surface area contributed by atoms with Crippen LogP contribution >= 0.6 is 0 Å². The zero-order valence-electron chi connectivity index (χ0n) is 8.86. The summed E-state index contributed by atoms with van der Waals surface area (Å²) in [5.74, 6) is 0. The van der Waals surface area contributed by atoms with Crippen molar-refractivity contribution in [2.75, 3.05) is 0 Å². The van der Waals surface area contributed by atoms with Gasteiger partial charge < -0.3 is 0 Å².